The fourth-order valence-electron chi connectivity index (χ4n) is 1.77. The second kappa shape index (κ2) is 6.06. The van der Waals surface area contributed by atoms with Crippen LogP contribution in [0.3, 0.4) is 0 Å². The minimum absolute atomic E-state index is 0.0276. The molecule has 1 aromatic rings. The third-order valence-electron chi connectivity index (χ3n) is 2.69. The van der Waals surface area contributed by atoms with Crippen LogP contribution >= 0.6 is 12.2 Å². The van der Waals surface area contributed by atoms with Gasteiger partial charge in [-0.2, -0.15) is 0 Å². The first-order valence-corrected chi connectivity index (χ1v) is 6.17. The molecule has 1 heterocycles. The van der Waals surface area contributed by atoms with E-state index >= 15 is 0 Å². The van der Waals surface area contributed by atoms with E-state index in [1.165, 1.54) is 0 Å². The average Bonchev–Trinajstić information content (AvgIpc) is 2.84. The smallest absolute Gasteiger partial charge is 0.170 e. The molecule has 6 heteroatoms. The van der Waals surface area contributed by atoms with E-state index in [1.807, 2.05) is 0 Å². The molecule has 0 radical (unpaired) electrons. The van der Waals surface area contributed by atoms with Gasteiger partial charge < -0.3 is 15.4 Å². The molecule has 1 aliphatic rings. The van der Waals surface area contributed by atoms with Gasteiger partial charge in [-0.3, -0.25) is 0 Å². The lowest BCUT2D eigenvalue weighted by molar-refractivity contribution is 0.114. The van der Waals surface area contributed by atoms with Crippen molar-refractivity contribution in [3.8, 4) is 0 Å². The Hall–Kier alpha value is -1.27. The molecule has 2 rings (SSSR count). The average molecular weight is 272 g/mol. The van der Waals surface area contributed by atoms with Gasteiger partial charge in [-0.15, -0.1) is 0 Å². The van der Waals surface area contributed by atoms with Crippen LogP contribution < -0.4 is 10.6 Å². The van der Waals surface area contributed by atoms with Gasteiger partial charge in [0.05, 0.1) is 11.8 Å². The third kappa shape index (κ3) is 3.61. The molecule has 0 saturated carbocycles. The van der Waals surface area contributed by atoms with E-state index in [9.17, 15) is 8.78 Å². The minimum Gasteiger partial charge on any atom is -0.376 e. The molecule has 1 fully saturated rings. The second-order valence-corrected chi connectivity index (χ2v) is 4.50. The summed E-state index contributed by atoms with van der Waals surface area (Å²) in [5, 5.41) is 5.81. The zero-order valence-corrected chi connectivity index (χ0v) is 10.5. The van der Waals surface area contributed by atoms with E-state index in [0.717, 1.165) is 37.6 Å². The van der Waals surface area contributed by atoms with Crippen LogP contribution in [0, 0.1) is 11.6 Å². The molecule has 2 N–H and O–H groups in total. The monoisotopic (exact) mass is 272 g/mol. The van der Waals surface area contributed by atoms with Crippen molar-refractivity contribution in [3.63, 3.8) is 0 Å². The standard InChI is InChI=1S/C12H14F2N2OS/c13-8-3-4-10(14)11(6-8)16-12(18)15-7-9-2-1-5-17-9/h3-4,6,9H,1-2,5,7H2,(H2,15,16,18)/t9-/m0/s1. The number of rotatable bonds is 3. The van der Waals surface area contributed by atoms with Gasteiger partial charge in [-0.05, 0) is 37.2 Å². The molecule has 98 valence electrons. The zero-order chi connectivity index (χ0) is 13.0. The van der Waals surface area contributed by atoms with Crippen LogP contribution in [0.4, 0.5) is 14.5 Å². The van der Waals surface area contributed by atoms with Crippen LogP contribution in [-0.2, 0) is 4.74 Å². The van der Waals surface area contributed by atoms with Gasteiger partial charge in [-0.1, -0.05) is 0 Å². The van der Waals surface area contributed by atoms with Gasteiger partial charge in [0.25, 0.3) is 0 Å². The Bertz CT molecular complexity index is 436. The van der Waals surface area contributed by atoms with Gasteiger partial charge in [0.2, 0.25) is 0 Å². The van der Waals surface area contributed by atoms with E-state index in [1.54, 1.807) is 0 Å². The van der Waals surface area contributed by atoms with E-state index in [-0.39, 0.29) is 16.9 Å². The maximum atomic E-state index is 13.3. The molecule has 0 aliphatic carbocycles. The number of halogens is 2. The van der Waals surface area contributed by atoms with Gasteiger partial charge >= 0.3 is 0 Å². The highest BCUT2D eigenvalue weighted by molar-refractivity contribution is 7.80. The number of benzene rings is 1. The molecule has 1 aliphatic heterocycles. The molecule has 0 bridgehead atoms. The van der Waals surface area contributed by atoms with Crippen molar-refractivity contribution in [2.75, 3.05) is 18.5 Å². The number of nitrogens with one attached hydrogen (secondary N) is 2. The summed E-state index contributed by atoms with van der Waals surface area (Å²) < 4.78 is 31.7. The number of ether oxygens (including phenoxy) is 1. The lowest BCUT2D eigenvalue weighted by atomic mass is 10.2. The van der Waals surface area contributed by atoms with Crippen molar-refractivity contribution in [1.29, 1.82) is 0 Å². The molecule has 0 unspecified atom stereocenters. The van der Waals surface area contributed by atoms with Gasteiger partial charge in [0, 0.05) is 19.2 Å². The van der Waals surface area contributed by atoms with Crippen LogP contribution in [0.1, 0.15) is 12.8 Å². The Balaban J connectivity index is 1.84. The largest absolute Gasteiger partial charge is 0.376 e. The topological polar surface area (TPSA) is 33.3 Å². The van der Waals surface area contributed by atoms with E-state index < -0.39 is 11.6 Å². The Morgan fingerprint density at radius 3 is 3.00 bits per heavy atom. The summed E-state index contributed by atoms with van der Waals surface area (Å²) >= 11 is 5.01. The van der Waals surface area contributed by atoms with Crippen molar-refractivity contribution in [2.45, 2.75) is 18.9 Å². The highest BCUT2D eigenvalue weighted by Gasteiger charge is 2.15. The van der Waals surface area contributed by atoms with Crippen LogP contribution in [0.5, 0.6) is 0 Å². The summed E-state index contributed by atoms with van der Waals surface area (Å²) in [5.41, 5.74) is 0.0276. The fraction of sp³-hybridized carbons (Fsp3) is 0.417. The molecule has 0 amide bonds. The van der Waals surface area contributed by atoms with E-state index in [2.05, 4.69) is 10.6 Å². The molecule has 1 atom stereocenters. The number of thiocarbonyl (C=S) groups is 1. The lowest BCUT2D eigenvalue weighted by Gasteiger charge is -2.14. The Morgan fingerprint density at radius 1 is 1.44 bits per heavy atom. The summed E-state index contributed by atoms with van der Waals surface area (Å²) in [7, 11) is 0. The molecule has 1 saturated heterocycles. The Kier molecular flexibility index (Phi) is 4.43. The maximum Gasteiger partial charge on any atom is 0.170 e. The number of hydrogen-bond donors (Lipinski definition) is 2. The van der Waals surface area contributed by atoms with Gasteiger partial charge in [-0.25, -0.2) is 8.78 Å². The predicted molar refractivity (Wildman–Crippen MR) is 69.6 cm³/mol. The van der Waals surface area contributed by atoms with Crippen LogP contribution in [0.25, 0.3) is 0 Å². The fourth-order valence-corrected chi connectivity index (χ4v) is 1.96. The number of anilines is 1. The molecular weight excluding hydrogens is 258 g/mol. The van der Waals surface area contributed by atoms with Crippen LogP contribution in [0.15, 0.2) is 18.2 Å². The van der Waals surface area contributed by atoms with Crippen LogP contribution in [0.2, 0.25) is 0 Å². The Labute approximate surface area is 110 Å². The van der Waals surface area contributed by atoms with Crippen molar-refractivity contribution < 1.29 is 13.5 Å². The first-order valence-electron chi connectivity index (χ1n) is 5.76. The first-order chi connectivity index (χ1) is 8.65. The summed E-state index contributed by atoms with van der Waals surface area (Å²) in [5.74, 6) is -1.06. The zero-order valence-electron chi connectivity index (χ0n) is 9.71. The predicted octanol–water partition coefficient (Wildman–Crippen LogP) is 2.43. The highest BCUT2D eigenvalue weighted by atomic mass is 32.1. The van der Waals surface area contributed by atoms with Crippen LogP contribution in [-0.4, -0.2) is 24.4 Å². The van der Waals surface area contributed by atoms with Gasteiger partial charge in [0.15, 0.2) is 5.11 Å². The van der Waals surface area contributed by atoms with E-state index in [0.29, 0.717) is 6.54 Å². The molecule has 1 aromatic carbocycles. The summed E-state index contributed by atoms with van der Waals surface area (Å²) in [6.07, 6.45) is 2.18. The Morgan fingerprint density at radius 2 is 2.28 bits per heavy atom. The number of hydrogen-bond acceptors (Lipinski definition) is 2. The quantitative estimate of drug-likeness (QED) is 0.828. The first kappa shape index (κ1) is 13.2. The van der Waals surface area contributed by atoms with Gasteiger partial charge in [0.1, 0.15) is 11.6 Å². The van der Waals surface area contributed by atoms with Crippen molar-refractivity contribution >= 4 is 23.0 Å². The normalized spacial score (nSPS) is 18.7. The van der Waals surface area contributed by atoms with Crippen molar-refractivity contribution in [3.05, 3.63) is 29.8 Å². The van der Waals surface area contributed by atoms with Crippen molar-refractivity contribution in [2.24, 2.45) is 0 Å². The summed E-state index contributed by atoms with van der Waals surface area (Å²) in [6.45, 7) is 1.34. The second-order valence-electron chi connectivity index (χ2n) is 4.09. The molecule has 0 aromatic heterocycles. The summed E-state index contributed by atoms with van der Waals surface area (Å²) in [4.78, 5) is 0. The van der Waals surface area contributed by atoms with E-state index in [4.69, 9.17) is 17.0 Å². The van der Waals surface area contributed by atoms with Crippen molar-refractivity contribution in [1.82, 2.24) is 5.32 Å². The minimum atomic E-state index is -0.544. The molecule has 0 spiro atoms. The molecule has 18 heavy (non-hydrogen) atoms. The SMILES string of the molecule is Fc1ccc(F)c(NC(=S)NC[C@@H]2CCCO2)c1. The maximum absolute atomic E-state index is 13.3. The molecule has 3 nitrogen and oxygen atoms in total. The molecular formula is C12H14F2N2OS. The summed E-state index contributed by atoms with van der Waals surface area (Å²) in [6, 6.07) is 3.18. The highest BCUT2D eigenvalue weighted by Crippen LogP contribution is 2.15. The third-order valence-corrected chi connectivity index (χ3v) is 2.94. The lowest BCUT2D eigenvalue weighted by Crippen LogP contribution is -2.35.